The van der Waals surface area contributed by atoms with Gasteiger partial charge in [0.1, 0.15) is 11.6 Å². The summed E-state index contributed by atoms with van der Waals surface area (Å²) in [5.41, 5.74) is 3.09. The maximum atomic E-state index is 13.0. The topological polar surface area (TPSA) is 139 Å². The molecule has 0 radical (unpaired) electrons. The number of furan rings is 1. The maximum Gasteiger partial charge on any atom is 0.308 e. The number of carbonyl (C=O) groups is 2. The zero-order valence-electron chi connectivity index (χ0n) is 22.7. The number of fused-ring (bicyclic) bond motifs is 1. The average molecular weight is 558 g/mol. The van der Waals surface area contributed by atoms with E-state index in [1.165, 1.54) is 11.4 Å². The first-order valence-electron chi connectivity index (χ1n) is 13.0. The highest BCUT2D eigenvalue weighted by Crippen LogP contribution is 2.46. The van der Waals surface area contributed by atoms with Crippen LogP contribution in [0.4, 0.5) is 5.82 Å². The van der Waals surface area contributed by atoms with Crippen molar-refractivity contribution < 1.29 is 32.3 Å². The molecule has 0 spiro atoms. The van der Waals surface area contributed by atoms with E-state index in [9.17, 15) is 23.1 Å². The molecule has 0 aliphatic heterocycles. The number of aliphatic carboxylic acids is 1. The average Bonchev–Trinajstić information content (AvgIpc) is 3.67. The minimum absolute atomic E-state index is 0.102. The van der Waals surface area contributed by atoms with Gasteiger partial charge in [-0.25, -0.2) is 8.42 Å². The van der Waals surface area contributed by atoms with E-state index in [0.717, 1.165) is 35.8 Å². The van der Waals surface area contributed by atoms with E-state index in [1.807, 2.05) is 37.3 Å². The van der Waals surface area contributed by atoms with Gasteiger partial charge in [-0.05, 0) is 50.2 Å². The summed E-state index contributed by atoms with van der Waals surface area (Å²) in [7, 11) is -0.707. The molecule has 0 unspecified atom stereocenters. The number of amides is 1. The minimum atomic E-state index is -3.71. The predicted octanol–water partition coefficient (Wildman–Crippen LogP) is 4.32. The number of anilines is 1. The summed E-state index contributed by atoms with van der Waals surface area (Å²) in [6, 6.07) is 9.45. The molecule has 210 valence electrons. The zero-order valence-corrected chi connectivity index (χ0v) is 23.5. The van der Waals surface area contributed by atoms with Crippen LogP contribution in [-0.4, -0.2) is 63.9 Å². The van der Waals surface area contributed by atoms with Crippen molar-refractivity contribution in [2.24, 2.45) is 5.92 Å². The van der Waals surface area contributed by atoms with E-state index in [0.29, 0.717) is 41.8 Å². The summed E-state index contributed by atoms with van der Waals surface area (Å²) >= 11 is 0. The van der Waals surface area contributed by atoms with E-state index < -0.39 is 21.9 Å². The number of methoxy groups -OCH3 is 1. The Hall–Kier alpha value is -3.44. The number of rotatable bonds is 13. The number of nitrogens with one attached hydrogen (secondary N) is 1. The highest BCUT2D eigenvalue weighted by atomic mass is 32.2. The number of ether oxygens (including phenoxy) is 1. The molecule has 1 aromatic carbocycles. The fourth-order valence-electron chi connectivity index (χ4n) is 4.74. The van der Waals surface area contributed by atoms with Crippen molar-refractivity contribution in [3.63, 3.8) is 0 Å². The first-order chi connectivity index (χ1) is 18.5. The number of aromatic nitrogens is 1. The van der Waals surface area contributed by atoms with Gasteiger partial charge in [0.15, 0.2) is 0 Å². The zero-order chi connectivity index (χ0) is 28.3. The lowest BCUT2D eigenvalue weighted by atomic mass is 10.0. The van der Waals surface area contributed by atoms with Gasteiger partial charge in [-0.3, -0.25) is 13.9 Å². The van der Waals surface area contributed by atoms with Crippen molar-refractivity contribution >= 4 is 38.8 Å². The molecule has 2 heterocycles. The summed E-state index contributed by atoms with van der Waals surface area (Å²) < 4.78 is 38.3. The predicted molar refractivity (Wildman–Crippen MR) is 149 cm³/mol. The third kappa shape index (κ3) is 6.42. The second kappa shape index (κ2) is 11.7. The van der Waals surface area contributed by atoms with Crippen molar-refractivity contribution in [1.29, 1.82) is 0 Å². The molecule has 39 heavy (non-hydrogen) atoms. The van der Waals surface area contributed by atoms with Gasteiger partial charge in [0.25, 0.3) is 5.91 Å². The lowest BCUT2D eigenvalue weighted by Crippen LogP contribution is -2.32. The number of nitrogens with zero attached hydrogens (tertiary/aromatic N) is 2. The van der Waals surface area contributed by atoms with Gasteiger partial charge in [-0.15, -0.1) is 0 Å². The molecule has 2 aromatic heterocycles. The summed E-state index contributed by atoms with van der Waals surface area (Å²) in [4.78, 5) is 29.1. The summed E-state index contributed by atoms with van der Waals surface area (Å²) in [6.45, 7) is 2.21. The molecule has 1 aliphatic rings. The van der Waals surface area contributed by atoms with Crippen molar-refractivity contribution in [2.75, 3.05) is 37.9 Å². The van der Waals surface area contributed by atoms with Gasteiger partial charge in [0, 0.05) is 26.3 Å². The number of unbranched alkanes of at least 4 members (excludes halogenated alkanes) is 1. The van der Waals surface area contributed by atoms with Crippen molar-refractivity contribution in [1.82, 2.24) is 10.3 Å². The third-order valence-corrected chi connectivity index (χ3v) is 8.15. The van der Waals surface area contributed by atoms with E-state index >= 15 is 0 Å². The number of carbonyl (C=O) groups excluding carboxylic acids is 1. The second-order valence-corrected chi connectivity index (χ2v) is 12.0. The van der Waals surface area contributed by atoms with Gasteiger partial charge in [-0.2, -0.15) is 4.98 Å². The van der Waals surface area contributed by atoms with Crippen molar-refractivity contribution in [2.45, 2.75) is 44.9 Å². The Balaban J connectivity index is 1.74. The summed E-state index contributed by atoms with van der Waals surface area (Å²) in [5, 5.41) is 12.6. The number of carboxylic acid groups (broad SMARTS) is 1. The molecule has 1 fully saturated rings. The number of aryl methyl sites for hydroxylation is 1. The molecule has 11 heteroatoms. The Labute approximate surface area is 228 Å². The number of hydrogen-bond acceptors (Lipinski definition) is 7. The molecular weight excluding hydrogens is 522 g/mol. The smallest absolute Gasteiger partial charge is 0.308 e. The summed E-state index contributed by atoms with van der Waals surface area (Å²) in [6.07, 6.45) is 4.25. The van der Waals surface area contributed by atoms with Crippen LogP contribution in [0, 0.1) is 12.8 Å². The Morgan fingerprint density at radius 1 is 1.23 bits per heavy atom. The van der Waals surface area contributed by atoms with Gasteiger partial charge in [-0.1, -0.05) is 36.2 Å². The number of pyridine rings is 1. The SMILES string of the molecule is CNC(=O)c1c(-c2ccc(C)cc2)oc2nc(N(CCCC[C@H](COC)C(=O)O)S(C)(=O)=O)c(C3CC3)cc12. The number of sulfonamides is 1. The van der Waals surface area contributed by atoms with Crippen LogP contribution >= 0.6 is 0 Å². The van der Waals surface area contributed by atoms with Gasteiger partial charge < -0.3 is 19.6 Å². The maximum absolute atomic E-state index is 13.0. The monoisotopic (exact) mass is 557 g/mol. The van der Waals surface area contributed by atoms with Crippen LogP contribution in [0.2, 0.25) is 0 Å². The molecule has 2 N–H and O–H groups in total. The molecule has 1 amide bonds. The van der Waals surface area contributed by atoms with Crippen LogP contribution < -0.4 is 9.62 Å². The molecule has 1 saturated carbocycles. The Kier molecular flexibility index (Phi) is 8.60. The minimum Gasteiger partial charge on any atom is -0.481 e. The quantitative estimate of drug-likeness (QED) is 0.296. The van der Waals surface area contributed by atoms with Crippen LogP contribution in [0.25, 0.3) is 22.4 Å². The van der Waals surface area contributed by atoms with Gasteiger partial charge >= 0.3 is 5.97 Å². The molecule has 4 rings (SSSR count). The third-order valence-electron chi connectivity index (χ3n) is 6.99. The lowest BCUT2D eigenvalue weighted by Gasteiger charge is -2.24. The molecule has 10 nitrogen and oxygen atoms in total. The Bertz CT molecular complexity index is 1460. The Morgan fingerprint density at radius 2 is 1.92 bits per heavy atom. The standard InChI is InChI=1S/C28H35N3O7S/c1-17-8-10-19(11-9-17)24-23(26(32)29-2)22-15-21(18-12-13-18)25(30-27(22)38-24)31(39(4,35)36)14-6-5-7-20(16-37-3)28(33)34/h8-11,15,18,20H,5-7,12-14,16H2,1-4H3,(H,29,32)(H,33,34)/t20-/m1/s1. The first-order valence-corrected chi connectivity index (χ1v) is 14.9. The lowest BCUT2D eigenvalue weighted by molar-refractivity contribution is -0.143. The van der Waals surface area contributed by atoms with Gasteiger partial charge in [0.2, 0.25) is 15.7 Å². The highest BCUT2D eigenvalue weighted by Gasteiger charge is 2.34. The van der Waals surface area contributed by atoms with E-state index in [1.54, 1.807) is 7.05 Å². The van der Waals surface area contributed by atoms with E-state index in [4.69, 9.17) is 14.1 Å². The fraction of sp³-hybridized carbons (Fsp3) is 0.464. The van der Waals surface area contributed by atoms with Crippen LogP contribution in [-0.2, 0) is 19.6 Å². The normalized spacial score (nSPS) is 14.4. The molecular formula is C28H35N3O7S. The van der Waals surface area contributed by atoms with Crippen molar-refractivity contribution in [3.8, 4) is 11.3 Å². The van der Waals surface area contributed by atoms with E-state index in [-0.39, 0.29) is 30.7 Å². The van der Waals surface area contributed by atoms with Crippen molar-refractivity contribution in [3.05, 3.63) is 47.0 Å². The molecule has 3 aromatic rings. The highest BCUT2D eigenvalue weighted by molar-refractivity contribution is 7.92. The first kappa shape index (κ1) is 28.6. The molecule has 1 aliphatic carbocycles. The van der Waals surface area contributed by atoms with Gasteiger partial charge in [0.05, 0.1) is 29.7 Å². The number of carboxylic acids is 1. The van der Waals surface area contributed by atoms with Crippen LogP contribution in [0.1, 0.15) is 59.5 Å². The molecule has 0 saturated heterocycles. The number of benzene rings is 1. The molecule has 1 atom stereocenters. The summed E-state index contributed by atoms with van der Waals surface area (Å²) in [5.74, 6) is -1.09. The second-order valence-electron chi connectivity index (χ2n) is 10.1. The van der Waals surface area contributed by atoms with Crippen LogP contribution in [0.3, 0.4) is 0 Å². The number of hydrogen-bond donors (Lipinski definition) is 2. The van der Waals surface area contributed by atoms with Crippen LogP contribution in [0.15, 0.2) is 34.7 Å². The largest absolute Gasteiger partial charge is 0.481 e. The fourth-order valence-corrected chi connectivity index (χ4v) is 5.66. The van der Waals surface area contributed by atoms with E-state index in [2.05, 4.69) is 5.32 Å². The molecule has 0 bridgehead atoms. The van der Waals surface area contributed by atoms with Crippen LogP contribution in [0.5, 0.6) is 0 Å². The Morgan fingerprint density at radius 3 is 2.49 bits per heavy atom.